The van der Waals surface area contributed by atoms with Crippen molar-refractivity contribution >= 4 is 56.2 Å². The van der Waals surface area contributed by atoms with Crippen molar-refractivity contribution < 1.29 is 13.9 Å². The van der Waals surface area contributed by atoms with E-state index in [2.05, 4.69) is 43.8 Å². The predicted octanol–water partition coefficient (Wildman–Crippen LogP) is 6.32. The second kappa shape index (κ2) is 10.4. The topological polar surface area (TPSA) is 62.1 Å². The van der Waals surface area contributed by atoms with E-state index in [0.29, 0.717) is 22.4 Å². The van der Waals surface area contributed by atoms with E-state index in [1.165, 1.54) is 24.3 Å². The van der Waals surface area contributed by atoms with Gasteiger partial charge in [-0.15, -0.1) is 0 Å². The minimum absolute atomic E-state index is 0.0177. The highest BCUT2D eigenvalue weighted by Gasteiger charge is 2.14. The number of hydrogen-bond acceptors (Lipinski definition) is 3. The molecule has 30 heavy (non-hydrogen) atoms. The normalized spacial score (nSPS) is 10.9. The van der Waals surface area contributed by atoms with Crippen molar-refractivity contribution in [1.82, 2.24) is 0 Å². The van der Waals surface area contributed by atoms with Crippen LogP contribution in [0, 0.1) is 20.7 Å². The monoisotopic (exact) mass is 576 g/mol. The molecule has 3 rings (SSSR count). The Morgan fingerprint density at radius 2 is 1.87 bits per heavy atom. The summed E-state index contributed by atoms with van der Waals surface area (Å²) in [5.74, 6) is -0.579. The summed E-state index contributed by atoms with van der Waals surface area (Å²) in [7, 11) is 0. The molecule has 7 heteroatoms. The summed E-state index contributed by atoms with van der Waals surface area (Å²) >= 11 is 5.63. The molecule has 0 saturated heterocycles. The first kappa shape index (κ1) is 22.0. The maximum Gasteiger partial charge on any atom is 0.266 e. The van der Waals surface area contributed by atoms with Gasteiger partial charge >= 0.3 is 0 Å². The number of halogens is 3. The van der Waals surface area contributed by atoms with E-state index >= 15 is 0 Å². The van der Waals surface area contributed by atoms with Gasteiger partial charge in [0, 0.05) is 0 Å². The second-order valence-electron chi connectivity index (χ2n) is 6.19. The highest BCUT2D eigenvalue weighted by atomic mass is 127. The third kappa shape index (κ3) is 5.68. The van der Waals surface area contributed by atoms with Crippen molar-refractivity contribution in [2.45, 2.75) is 6.61 Å². The lowest BCUT2D eigenvalue weighted by molar-refractivity contribution is -0.112. The zero-order chi connectivity index (χ0) is 21.5. The Balaban J connectivity index is 1.79. The van der Waals surface area contributed by atoms with E-state index in [1.54, 1.807) is 18.2 Å². The van der Waals surface area contributed by atoms with E-state index in [9.17, 15) is 14.4 Å². The molecule has 150 valence electrons. The number of nitriles is 1. The van der Waals surface area contributed by atoms with Crippen molar-refractivity contribution in [2.24, 2.45) is 0 Å². The van der Waals surface area contributed by atoms with Crippen LogP contribution >= 0.6 is 38.5 Å². The standard InChI is InChI=1S/C23H15BrFIN2O2/c24-18-11-16(12-20(26)22(18)30-14-15-6-2-1-3-7-15)10-17(13-27)23(29)28-21-9-5-4-8-19(21)25/h1-12H,14H2,(H,28,29)/b17-10-. The molecule has 0 spiro atoms. The van der Waals surface area contributed by atoms with Gasteiger partial charge < -0.3 is 10.1 Å². The molecule has 0 aliphatic carbocycles. The molecule has 0 unspecified atom stereocenters. The quantitative estimate of drug-likeness (QED) is 0.212. The van der Waals surface area contributed by atoms with Gasteiger partial charge in [0.05, 0.1) is 13.7 Å². The molecule has 0 atom stereocenters. The van der Waals surface area contributed by atoms with Crippen LogP contribution in [0.2, 0.25) is 0 Å². The molecule has 0 heterocycles. The van der Waals surface area contributed by atoms with Crippen LogP contribution < -0.4 is 10.1 Å². The molecule has 1 N–H and O–H groups in total. The summed E-state index contributed by atoms with van der Waals surface area (Å²) in [4.78, 5) is 12.4. The maximum atomic E-state index is 13.8. The van der Waals surface area contributed by atoms with Gasteiger partial charge in [0.15, 0.2) is 0 Å². The fourth-order valence-electron chi connectivity index (χ4n) is 2.60. The molecule has 4 nitrogen and oxygen atoms in total. The van der Waals surface area contributed by atoms with Crippen LogP contribution in [0.4, 0.5) is 10.1 Å². The first-order chi connectivity index (χ1) is 14.5. The number of carbonyl (C=O) groups is 1. The number of ether oxygens (including phenoxy) is 1. The van der Waals surface area contributed by atoms with Crippen LogP contribution in [0.5, 0.6) is 5.75 Å². The number of carbonyl (C=O) groups excluding carboxylic acids is 1. The number of anilines is 1. The molecule has 0 radical (unpaired) electrons. The van der Waals surface area contributed by atoms with Crippen LogP contribution in [0.3, 0.4) is 0 Å². The highest BCUT2D eigenvalue weighted by Crippen LogP contribution is 2.33. The number of nitrogens with zero attached hydrogens (tertiary/aromatic N) is 1. The number of nitrogens with one attached hydrogen (secondary N) is 1. The Morgan fingerprint density at radius 1 is 1.17 bits per heavy atom. The maximum absolute atomic E-state index is 13.8. The van der Waals surface area contributed by atoms with Crippen LogP contribution in [0.25, 0.3) is 6.08 Å². The molecule has 0 aromatic heterocycles. The summed E-state index contributed by atoms with van der Waals surface area (Å²) in [5.41, 5.74) is 1.56. The van der Waals surface area contributed by atoms with Crippen molar-refractivity contribution in [1.29, 1.82) is 5.26 Å². The van der Waals surface area contributed by atoms with E-state index in [-0.39, 0.29) is 11.3 Å². The lowest BCUT2D eigenvalue weighted by atomic mass is 10.1. The van der Waals surface area contributed by atoms with Gasteiger partial charge in [-0.3, -0.25) is 4.79 Å². The lowest BCUT2D eigenvalue weighted by Gasteiger charge is -2.12. The van der Waals surface area contributed by atoms with Gasteiger partial charge in [-0.1, -0.05) is 42.5 Å². The summed E-state index contributed by atoms with van der Waals surface area (Å²) < 4.78 is 21.2. The zero-order valence-electron chi connectivity index (χ0n) is 15.5. The fraction of sp³-hybridized carbons (Fsp3) is 0.0435. The second-order valence-corrected chi connectivity index (χ2v) is 8.21. The van der Waals surface area contributed by atoms with Gasteiger partial charge in [-0.2, -0.15) is 5.26 Å². The van der Waals surface area contributed by atoms with Gasteiger partial charge in [0.25, 0.3) is 5.91 Å². The SMILES string of the molecule is N#C/C(=C/c1cc(Br)c(OCc2ccccc2)c(I)c1)C(=O)Nc1ccccc1F. The predicted molar refractivity (Wildman–Crippen MR) is 126 cm³/mol. The smallest absolute Gasteiger partial charge is 0.266 e. The Morgan fingerprint density at radius 3 is 2.53 bits per heavy atom. The van der Waals surface area contributed by atoms with Crippen molar-refractivity contribution in [2.75, 3.05) is 5.32 Å². The van der Waals surface area contributed by atoms with Gasteiger partial charge in [-0.25, -0.2) is 4.39 Å². The molecule has 1 amide bonds. The van der Waals surface area contributed by atoms with Gasteiger partial charge in [0.1, 0.15) is 29.8 Å². The van der Waals surface area contributed by atoms with Crippen molar-refractivity contribution in [3.05, 3.63) is 97.3 Å². The Hall–Kier alpha value is -2.70. The average Bonchev–Trinajstić information content (AvgIpc) is 2.73. The number of rotatable bonds is 6. The molecular weight excluding hydrogens is 562 g/mol. The van der Waals surface area contributed by atoms with Crippen molar-refractivity contribution in [3.63, 3.8) is 0 Å². The molecule has 0 saturated carbocycles. The molecule has 0 aliphatic heterocycles. The Kier molecular flexibility index (Phi) is 7.60. The minimum Gasteiger partial charge on any atom is -0.487 e. The fourth-order valence-corrected chi connectivity index (χ4v) is 4.37. The van der Waals surface area contributed by atoms with Crippen LogP contribution in [0.15, 0.2) is 76.8 Å². The average molecular weight is 577 g/mol. The number of para-hydroxylation sites is 1. The zero-order valence-corrected chi connectivity index (χ0v) is 19.3. The van der Waals surface area contributed by atoms with E-state index in [4.69, 9.17) is 4.74 Å². The molecule has 0 aliphatic rings. The largest absolute Gasteiger partial charge is 0.487 e. The molecule has 3 aromatic rings. The molecule has 0 fully saturated rings. The van der Waals surface area contributed by atoms with Crippen LogP contribution in [-0.4, -0.2) is 5.91 Å². The van der Waals surface area contributed by atoms with Gasteiger partial charge in [0.2, 0.25) is 0 Å². The van der Waals surface area contributed by atoms with E-state index < -0.39 is 11.7 Å². The van der Waals surface area contributed by atoms with Gasteiger partial charge in [-0.05, 0) is 80.0 Å². The van der Waals surface area contributed by atoms with Crippen LogP contribution in [-0.2, 0) is 11.4 Å². The number of amides is 1. The number of benzene rings is 3. The summed E-state index contributed by atoms with van der Waals surface area (Å²) in [6, 6.07) is 21.0. The number of hydrogen-bond donors (Lipinski definition) is 1. The summed E-state index contributed by atoms with van der Waals surface area (Å²) in [6.45, 7) is 0.416. The van der Waals surface area contributed by atoms with Crippen molar-refractivity contribution in [3.8, 4) is 11.8 Å². The minimum atomic E-state index is -0.682. The molecule has 0 bridgehead atoms. The Labute approximate surface area is 195 Å². The lowest BCUT2D eigenvalue weighted by Crippen LogP contribution is -2.14. The highest BCUT2D eigenvalue weighted by molar-refractivity contribution is 14.1. The van der Waals surface area contributed by atoms with E-state index in [0.717, 1.165) is 9.13 Å². The third-order valence-corrected chi connectivity index (χ3v) is 5.44. The summed E-state index contributed by atoms with van der Waals surface area (Å²) in [5, 5.41) is 11.8. The van der Waals surface area contributed by atoms with Crippen LogP contribution in [0.1, 0.15) is 11.1 Å². The molecular formula is C23H15BrFIN2O2. The van der Waals surface area contributed by atoms with E-state index in [1.807, 2.05) is 36.4 Å². The first-order valence-corrected chi connectivity index (χ1v) is 10.7. The summed E-state index contributed by atoms with van der Waals surface area (Å²) in [6.07, 6.45) is 1.45. The Bertz CT molecular complexity index is 1120. The third-order valence-electron chi connectivity index (χ3n) is 4.04. The molecule has 3 aromatic carbocycles. The first-order valence-electron chi connectivity index (χ1n) is 8.81.